The molecule has 0 aliphatic carbocycles. The summed E-state index contributed by atoms with van der Waals surface area (Å²) in [6.07, 6.45) is -1.77. The Bertz CT molecular complexity index is 1320. The highest BCUT2D eigenvalue weighted by atomic mass is 19.4. The lowest BCUT2D eigenvalue weighted by molar-refractivity contribution is -0.137. The number of halogens is 3. The Kier molecular flexibility index (Phi) is 5.45. The van der Waals surface area contributed by atoms with Gasteiger partial charge in [0.05, 0.1) is 17.4 Å². The Hall–Kier alpha value is -3.53. The molecule has 1 aliphatic heterocycles. The molecule has 33 heavy (non-hydrogen) atoms. The monoisotopic (exact) mass is 455 g/mol. The number of aromatic nitrogens is 5. The highest BCUT2D eigenvalue weighted by Crippen LogP contribution is 2.36. The van der Waals surface area contributed by atoms with E-state index in [2.05, 4.69) is 15.3 Å². The Labute approximate surface area is 186 Å². The summed E-state index contributed by atoms with van der Waals surface area (Å²) in [5.74, 6) is -0.100. The zero-order valence-corrected chi connectivity index (χ0v) is 17.4. The zero-order valence-electron chi connectivity index (χ0n) is 17.4. The maximum atomic E-state index is 13.1. The number of hydrogen-bond donors (Lipinski definition) is 0. The summed E-state index contributed by atoms with van der Waals surface area (Å²) in [6, 6.07) is 14.3. The Balaban J connectivity index is 1.43. The van der Waals surface area contributed by atoms with E-state index in [-0.39, 0.29) is 17.0 Å². The standard InChI is InChI=1S/C23H20F3N5O2/c24-23(25,26)17-10-8-15(9-11-17)20-16(5-4-12-33-20)13-30-14-27-21-19(22(30)32)28-29-31(21)18-6-2-1-3-7-18/h1-3,6-11,14,16,20H,4-5,12-13H2/t16-,20-/m0/s1. The van der Waals surface area contributed by atoms with Crippen LogP contribution in [0.15, 0.2) is 65.7 Å². The van der Waals surface area contributed by atoms with Gasteiger partial charge in [0.15, 0.2) is 11.2 Å². The van der Waals surface area contributed by atoms with Crippen molar-refractivity contribution in [2.75, 3.05) is 6.61 Å². The van der Waals surface area contributed by atoms with Gasteiger partial charge in [-0.15, -0.1) is 5.10 Å². The molecule has 0 bridgehead atoms. The van der Waals surface area contributed by atoms with Gasteiger partial charge in [-0.25, -0.2) is 4.98 Å². The minimum atomic E-state index is -4.39. The second-order valence-electron chi connectivity index (χ2n) is 8.02. The predicted octanol–water partition coefficient (Wildman–Crippen LogP) is 4.16. The normalized spacial score (nSPS) is 19.1. The number of benzene rings is 2. The summed E-state index contributed by atoms with van der Waals surface area (Å²) in [5, 5.41) is 8.12. The van der Waals surface area contributed by atoms with Gasteiger partial charge in [0.25, 0.3) is 5.56 Å². The lowest BCUT2D eigenvalue weighted by atomic mass is 9.89. The van der Waals surface area contributed by atoms with E-state index in [1.54, 1.807) is 0 Å². The fourth-order valence-electron chi connectivity index (χ4n) is 4.23. The topological polar surface area (TPSA) is 74.8 Å². The third-order valence-corrected chi connectivity index (χ3v) is 5.87. The van der Waals surface area contributed by atoms with Crippen LogP contribution >= 0.6 is 0 Å². The van der Waals surface area contributed by atoms with E-state index in [0.29, 0.717) is 24.4 Å². The van der Waals surface area contributed by atoms with Gasteiger partial charge >= 0.3 is 6.18 Å². The van der Waals surface area contributed by atoms with Crippen molar-refractivity contribution in [1.29, 1.82) is 0 Å². The van der Waals surface area contributed by atoms with Gasteiger partial charge in [0.2, 0.25) is 0 Å². The van der Waals surface area contributed by atoms with Crippen molar-refractivity contribution in [1.82, 2.24) is 24.5 Å². The van der Waals surface area contributed by atoms with Crippen molar-refractivity contribution in [3.8, 4) is 5.69 Å². The molecule has 0 N–H and O–H groups in total. The van der Waals surface area contributed by atoms with E-state index < -0.39 is 17.8 Å². The molecule has 7 nitrogen and oxygen atoms in total. The van der Waals surface area contributed by atoms with E-state index >= 15 is 0 Å². The first-order chi connectivity index (χ1) is 15.9. The van der Waals surface area contributed by atoms with Crippen LogP contribution in [0.2, 0.25) is 0 Å². The first kappa shape index (κ1) is 21.3. The number of nitrogens with zero attached hydrogens (tertiary/aromatic N) is 5. The number of para-hydroxylation sites is 1. The van der Waals surface area contributed by atoms with Crippen molar-refractivity contribution >= 4 is 11.2 Å². The van der Waals surface area contributed by atoms with Crippen LogP contribution in [0.4, 0.5) is 13.2 Å². The first-order valence-corrected chi connectivity index (χ1v) is 10.6. The summed E-state index contributed by atoms with van der Waals surface area (Å²) in [4.78, 5) is 17.5. The number of alkyl halides is 3. The van der Waals surface area contributed by atoms with Gasteiger partial charge in [-0.3, -0.25) is 9.36 Å². The Morgan fingerprint density at radius 1 is 1.06 bits per heavy atom. The number of hydrogen-bond acceptors (Lipinski definition) is 5. The van der Waals surface area contributed by atoms with Crippen LogP contribution in [0.1, 0.15) is 30.1 Å². The fourth-order valence-corrected chi connectivity index (χ4v) is 4.23. The van der Waals surface area contributed by atoms with Gasteiger partial charge < -0.3 is 4.74 Å². The molecule has 0 amide bonds. The summed E-state index contributed by atoms with van der Waals surface area (Å²) >= 11 is 0. The number of ether oxygens (including phenoxy) is 1. The lowest BCUT2D eigenvalue weighted by Gasteiger charge is -2.32. The van der Waals surface area contributed by atoms with Gasteiger partial charge in [-0.05, 0) is 42.7 Å². The van der Waals surface area contributed by atoms with E-state index in [1.807, 2.05) is 30.3 Å². The molecule has 4 aromatic rings. The largest absolute Gasteiger partial charge is 0.416 e. The van der Waals surface area contributed by atoms with Gasteiger partial charge in [0, 0.05) is 19.1 Å². The second kappa shape index (κ2) is 8.43. The van der Waals surface area contributed by atoms with E-state index in [9.17, 15) is 18.0 Å². The van der Waals surface area contributed by atoms with Gasteiger partial charge in [0.1, 0.15) is 6.33 Å². The first-order valence-electron chi connectivity index (χ1n) is 10.6. The molecule has 1 fully saturated rings. The third kappa shape index (κ3) is 4.13. The molecule has 2 atom stereocenters. The smallest absolute Gasteiger partial charge is 0.373 e. The van der Waals surface area contributed by atoms with Crippen LogP contribution in [-0.2, 0) is 17.5 Å². The van der Waals surface area contributed by atoms with Crippen LogP contribution in [0.5, 0.6) is 0 Å². The van der Waals surface area contributed by atoms with Gasteiger partial charge in [-0.2, -0.15) is 17.9 Å². The predicted molar refractivity (Wildman–Crippen MR) is 114 cm³/mol. The molecule has 2 aromatic heterocycles. The molecule has 0 radical (unpaired) electrons. The average molecular weight is 455 g/mol. The summed E-state index contributed by atoms with van der Waals surface area (Å²) in [7, 11) is 0. The number of fused-ring (bicyclic) bond motifs is 1. The average Bonchev–Trinajstić information content (AvgIpc) is 3.26. The summed E-state index contributed by atoms with van der Waals surface area (Å²) in [6.45, 7) is 0.825. The van der Waals surface area contributed by atoms with Crippen molar-refractivity contribution in [2.45, 2.75) is 31.7 Å². The molecule has 5 rings (SSSR count). The lowest BCUT2D eigenvalue weighted by Crippen LogP contribution is -2.31. The maximum absolute atomic E-state index is 13.1. The molecule has 1 aliphatic rings. The zero-order chi connectivity index (χ0) is 23.0. The Morgan fingerprint density at radius 2 is 1.82 bits per heavy atom. The Morgan fingerprint density at radius 3 is 2.55 bits per heavy atom. The minimum Gasteiger partial charge on any atom is -0.373 e. The van der Waals surface area contributed by atoms with E-state index in [0.717, 1.165) is 30.7 Å². The highest BCUT2D eigenvalue weighted by Gasteiger charge is 2.32. The van der Waals surface area contributed by atoms with E-state index in [1.165, 1.54) is 27.7 Å². The molecular weight excluding hydrogens is 435 g/mol. The molecule has 0 spiro atoms. The van der Waals surface area contributed by atoms with E-state index in [4.69, 9.17) is 4.74 Å². The highest BCUT2D eigenvalue weighted by molar-refractivity contribution is 5.70. The fraction of sp³-hybridized carbons (Fsp3) is 0.304. The van der Waals surface area contributed by atoms with Crippen molar-refractivity contribution < 1.29 is 17.9 Å². The molecule has 170 valence electrons. The van der Waals surface area contributed by atoms with Gasteiger partial charge in [-0.1, -0.05) is 35.5 Å². The second-order valence-corrected chi connectivity index (χ2v) is 8.02. The van der Waals surface area contributed by atoms with Crippen LogP contribution < -0.4 is 5.56 Å². The van der Waals surface area contributed by atoms with Crippen LogP contribution in [0, 0.1) is 5.92 Å². The minimum absolute atomic E-state index is 0.100. The molecule has 0 saturated carbocycles. The molecular formula is C23H20F3N5O2. The molecule has 10 heteroatoms. The van der Waals surface area contributed by atoms with Crippen LogP contribution in [0.3, 0.4) is 0 Å². The quantitative estimate of drug-likeness (QED) is 0.462. The molecule has 0 unspecified atom stereocenters. The van der Waals surface area contributed by atoms with Crippen molar-refractivity contribution in [2.24, 2.45) is 5.92 Å². The third-order valence-electron chi connectivity index (χ3n) is 5.87. The number of rotatable bonds is 4. The van der Waals surface area contributed by atoms with Crippen molar-refractivity contribution in [3.63, 3.8) is 0 Å². The summed E-state index contributed by atoms with van der Waals surface area (Å²) < 4.78 is 47.7. The SMILES string of the molecule is O=c1c2nnn(-c3ccccc3)c2ncn1C[C@@H]1CCCO[C@H]1c1ccc(C(F)(F)F)cc1. The van der Waals surface area contributed by atoms with Crippen LogP contribution in [0.25, 0.3) is 16.9 Å². The summed E-state index contributed by atoms with van der Waals surface area (Å²) in [5.41, 5.74) is 0.896. The van der Waals surface area contributed by atoms with Crippen LogP contribution in [-0.4, -0.2) is 31.2 Å². The van der Waals surface area contributed by atoms with Crippen molar-refractivity contribution in [3.05, 3.63) is 82.4 Å². The molecule has 2 aromatic carbocycles. The molecule has 1 saturated heterocycles. The molecule has 3 heterocycles. The maximum Gasteiger partial charge on any atom is 0.416 e.